The van der Waals surface area contributed by atoms with E-state index in [2.05, 4.69) is 42.3 Å². The molecule has 0 aliphatic heterocycles. The summed E-state index contributed by atoms with van der Waals surface area (Å²) in [7, 11) is 0. The summed E-state index contributed by atoms with van der Waals surface area (Å²) >= 11 is 0. The minimum Gasteiger partial charge on any atom is -0.351 e. The van der Waals surface area contributed by atoms with E-state index in [4.69, 9.17) is 4.52 Å². The molecule has 3 aromatic rings. The predicted octanol–water partition coefficient (Wildman–Crippen LogP) is 4.40. The lowest BCUT2D eigenvalue weighted by molar-refractivity contribution is 0.0905. The van der Waals surface area contributed by atoms with E-state index in [9.17, 15) is 4.79 Å². The first-order chi connectivity index (χ1) is 12.9. The summed E-state index contributed by atoms with van der Waals surface area (Å²) in [4.78, 5) is 17.0. The fourth-order valence-electron chi connectivity index (χ4n) is 3.17. The largest absolute Gasteiger partial charge is 0.351 e. The van der Waals surface area contributed by atoms with Gasteiger partial charge in [-0.25, -0.2) is 0 Å². The number of nitrogens with zero attached hydrogens (tertiary/aromatic N) is 2. The van der Waals surface area contributed by atoms with E-state index in [1.54, 1.807) is 18.5 Å². The maximum Gasteiger partial charge on any atom is 0.290 e. The molecule has 0 fully saturated rings. The summed E-state index contributed by atoms with van der Waals surface area (Å²) in [6, 6.07) is 11.4. The first kappa shape index (κ1) is 18.8. The molecule has 140 valence electrons. The normalized spacial score (nSPS) is 12.2. The molecule has 0 unspecified atom stereocenters. The Bertz CT molecular complexity index is 916. The lowest BCUT2D eigenvalue weighted by Crippen LogP contribution is -2.29. The molecule has 2 heterocycles. The summed E-state index contributed by atoms with van der Waals surface area (Å²) in [5, 5.41) is 7.09. The van der Waals surface area contributed by atoms with E-state index >= 15 is 0 Å². The third kappa shape index (κ3) is 4.61. The Morgan fingerprint density at radius 3 is 2.67 bits per heavy atom. The number of carbonyl (C=O) groups is 1. The van der Waals surface area contributed by atoms with Crippen molar-refractivity contribution in [3.63, 3.8) is 0 Å². The number of amides is 1. The standard InChI is InChI=1S/C22H25N3O2/c1-14(2)10-18-12-20(27-25-18)22(26)24-21(17-6-5-9-23-13-17)19-8-7-15(3)11-16(19)4/h5-9,11-14,21H,10H2,1-4H3,(H,24,26)/t21-/m0/s1. The number of nitrogens with one attached hydrogen (secondary N) is 1. The van der Waals surface area contributed by atoms with Crippen LogP contribution in [0.25, 0.3) is 0 Å². The molecule has 0 saturated carbocycles. The van der Waals surface area contributed by atoms with Crippen molar-refractivity contribution in [2.24, 2.45) is 5.92 Å². The van der Waals surface area contributed by atoms with E-state index in [0.717, 1.165) is 28.8 Å². The summed E-state index contributed by atoms with van der Waals surface area (Å²) < 4.78 is 5.27. The Balaban J connectivity index is 1.90. The topological polar surface area (TPSA) is 68.0 Å². The number of rotatable bonds is 6. The zero-order valence-corrected chi connectivity index (χ0v) is 16.2. The lowest BCUT2D eigenvalue weighted by atomic mass is 9.94. The Labute approximate surface area is 159 Å². The highest BCUT2D eigenvalue weighted by molar-refractivity contribution is 5.92. The van der Waals surface area contributed by atoms with Crippen molar-refractivity contribution in [3.05, 3.63) is 82.5 Å². The van der Waals surface area contributed by atoms with Crippen molar-refractivity contribution in [2.45, 2.75) is 40.2 Å². The average Bonchev–Trinajstić information content (AvgIpc) is 3.09. The van der Waals surface area contributed by atoms with Crippen molar-refractivity contribution in [2.75, 3.05) is 0 Å². The predicted molar refractivity (Wildman–Crippen MR) is 105 cm³/mol. The van der Waals surface area contributed by atoms with Gasteiger partial charge in [0.15, 0.2) is 0 Å². The minimum atomic E-state index is -0.314. The van der Waals surface area contributed by atoms with Crippen molar-refractivity contribution in [3.8, 4) is 0 Å². The molecule has 5 heteroatoms. The van der Waals surface area contributed by atoms with Gasteiger partial charge in [-0.15, -0.1) is 0 Å². The molecule has 2 aromatic heterocycles. The number of hydrogen-bond donors (Lipinski definition) is 1. The molecular weight excluding hydrogens is 338 g/mol. The number of aryl methyl sites for hydroxylation is 2. The van der Waals surface area contributed by atoms with Crippen LogP contribution >= 0.6 is 0 Å². The fraction of sp³-hybridized carbons (Fsp3) is 0.318. The molecule has 1 amide bonds. The SMILES string of the molecule is Cc1ccc([C@@H](NC(=O)c2cc(CC(C)C)no2)c2cccnc2)c(C)c1. The second-order valence-electron chi connectivity index (χ2n) is 7.33. The zero-order chi connectivity index (χ0) is 19.4. The van der Waals surface area contributed by atoms with Crippen molar-refractivity contribution < 1.29 is 9.32 Å². The third-order valence-corrected chi connectivity index (χ3v) is 4.43. The van der Waals surface area contributed by atoms with Crippen LogP contribution in [-0.4, -0.2) is 16.0 Å². The number of aromatic nitrogens is 2. The summed E-state index contributed by atoms with van der Waals surface area (Å²) in [5.74, 6) is 0.389. The molecule has 27 heavy (non-hydrogen) atoms. The van der Waals surface area contributed by atoms with Crippen molar-refractivity contribution in [1.29, 1.82) is 0 Å². The number of hydrogen-bond acceptors (Lipinski definition) is 4. The van der Waals surface area contributed by atoms with E-state index in [0.29, 0.717) is 5.92 Å². The molecule has 3 rings (SSSR count). The second-order valence-corrected chi connectivity index (χ2v) is 7.33. The first-order valence-electron chi connectivity index (χ1n) is 9.17. The van der Waals surface area contributed by atoms with Gasteiger partial charge in [-0.2, -0.15) is 0 Å². The van der Waals surface area contributed by atoms with Gasteiger partial charge in [0.2, 0.25) is 5.76 Å². The van der Waals surface area contributed by atoms with Gasteiger partial charge in [-0.3, -0.25) is 9.78 Å². The Kier molecular flexibility index (Phi) is 5.69. The Morgan fingerprint density at radius 1 is 1.19 bits per heavy atom. The maximum absolute atomic E-state index is 12.8. The third-order valence-electron chi connectivity index (χ3n) is 4.43. The highest BCUT2D eigenvalue weighted by Gasteiger charge is 2.22. The van der Waals surface area contributed by atoms with Crippen LogP contribution in [0.2, 0.25) is 0 Å². The quantitative estimate of drug-likeness (QED) is 0.705. The molecule has 1 N–H and O–H groups in total. The Hall–Kier alpha value is -2.95. The molecular formula is C22H25N3O2. The van der Waals surface area contributed by atoms with Crippen LogP contribution < -0.4 is 5.32 Å². The lowest BCUT2D eigenvalue weighted by Gasteiger charge is -2.21. The van der Waals surface area contributed by atoms with Crippen LogP contribution in [0, 0.1) is 19.8 Å². The van der Waals surface area contributed by atoms with E-state index in [-0.39, 0.29) is 17.7 Å². The van der Waals surface area contributed by atoms with Crippen molar-refractivity contribution >= 4 is 5.91 Å². The van der Waals surface area contributed by atoms with E-state index in [1.807, 2.05) is 31.2 Å². The first-order valence-corrected chi connectivity index (χ1v) is 9.17. The minimum absolute atomic E-state index is 0.226. The molecule has 0 saturated heterocycles. The van der Waals surface area contributed by atoms with Crippen LogP contribution in [0.4, 0.5) is 0 Å². The van der Waals surface area contributed by atoms with Gasteiger partial charge in [0.1, 0.15) is 0 Å². The van der Waals surface area contributed by atoms with E-state index in [1.165, 1.54) is 5.56 Å². The van der Waals surface area contributed by atoms with Crippen LogP contribution in [0.1, 0.15) is 58.4 Å². The van der Waals surface area contributed by atoms with Gasteiger partial charge in [0.05, 0.1) is 11.7 Å². The molecule has 0 spiro atoms. The van der Waals surface area contributed by atoms with Crippen LogP contribution in [0.15, 0.2) is 53.3 Å². The maximum atomic E-state index is 12.8. The molecule has 1 aromatic carbocycles. The molecule has 0 aliphatic rings. The smallest absolute Gasteiger partial charge is 0.290 e. The van der Waals surface area contributed by atoms with Crippen LogP contribution in [-0.2, 0) is 6.42 Å². The van der Waals surface area contributed by atoms with Crippen molar-refractivity contribution in [1.82, 2.24) is 15.5 Å². The summed E-state index contributed by atoms with van der Waals surface area (Å²) in [5.41, 5.74) is 5.03. The molecule has 5 nitrogen and oxygen atoms in total. The number of benzene rings is 1. The van der Waals surface area contributed by atoms with Gasteiger partial charge in [0, 0.05) is 18.5 Å². The highest BCUT2D eigenvalue weighted by Crippen LogP contribution is 2.26. The molecule has 1 atom stereocenters. The molecule has 0 radical (unpaired) electrons. The molecule has 0 aliphatic carbocycles. The van der Waals surface area contributed by atoms with Gasteiger partial charge < -0.3 is 9.84 Å². The highest BCUT2D eigenvalue weighted by atomic mass is 16.5. The fourth-order valence-corrected chi connectivity index (χ4v) is 3.17. The summed E-state index contributed by atoms with van der Waals surface area (Å²) in [6.07, 6.45) is 4.27. The number of pyridine rings is 1. The van der Waals surface area contributed by atoms with Crippen LogP contribution in [0.5, 0.6) is 0 Å². The molecule has 0 bridgehead atoms. The average molecular weight is 363 g/mol. The van der Waals surface area contributed by atoms with Gasteiger partial charge in [-0.05, 0) is 48.9 Å². The van der Waals surface area contributed by atoms with Crippen LogP contribution in [0.3, 0.4) is 0 Å². The van der Waals surface area contributed by atoms with E-state index < -0.39 is 0 Å². The second kappa shape index (κ2) is 8.16. The zero-order valence-electron chi connectivity index (χ0n) is 16.2. The van der Waals surface area contributed by atoms with Gasteiger partial charge >= 0.3 is 0 Å². The number of carbonyl (C=O) groups excluding carboxylic acids is 1. The Morgan fingerprint density at radius 2 is 2.00 bits per heavy atom. The summed E-state index contributed by atoms with van der Waals surface area (Å²) in [6.45, 7) is 8.31. The van der Waals surface area contributed by atoms with Gasteiger partial charge in [0.25, 0.3) is 5.91 Å². The van der Waals surface area contributed by atoms with Gasteiger partial charge in [-0.1, -0.05) is 48.8 Å². The monoisotopic (exact) mass is 363 g/mol.